The summed E-state index contributed by atoms with van der Waals surface area (Å²) in [6.45, 7) is 6.50. The van der Waals surface area contributed by atoms with Crippen molar-refractivity contribution in [3.05, 3.63) is 12.7 Å². The molecular formula is C13H26N2O. The van der Waals surface area contributed by atoms with Crippen LogP contribution in [0.15, 0.2) is 12.7 Å². The van der Waals surface area contributed by atoms with Crippen LogP contribution in [0.5, 0.6) is 0 Å². The predicted octanol–water partition coefficient (Wildman–Crippen LogP) is 1.52. The molecule has 0 amide bonds. The van der Waals surface area contributed by atoms with Gasteiger partial charge in [0.2, 0.25) is 0 Å². The fraction of sp³-hybridized carbons (Fsp3) is 0.846. The zero-order chi connectivity index (χ0) is 11.9. The topological polar surface area (TPSA) is 49.5 Å². The summed E-state index contributed by atoms with van der Waals surface area (Å²) in [5, 5.41) is 8.96. The van der Waals surface area contributed by atoms with Crippen molar-refractivity contribution in [2.45, 2.75) is 44.1 Å². The first-order valence-corrected chi connectivity index (χ1v) is 6.43. The molecule has 94 valence electrons. The Morgan fingerprint density at radius 2 is 1.94 bits per heavy atom. The first-order chi connectivity index (χ1) is 7.70. The summed E-state index contributed by atoms with van der Waals surface area (Å²) < 4.78 is 0. The largest absolute Gasteiger partial charge is 0.395 e. The van der Waals surface area contributed by atoms with Crippen LogP contribution in [-0.4, -0.2) is 41.8 Å². The zero-order valence-electron chi connectivity index (χ0n) is 10.3. The minimum atomic E-state index is 0.0487. The van der Waals surface area contributed by atoms with Crippen molar-refractivity contribution in [2.24, 2.45) is 5.73 Å². The Labute approximate surface area is 99.3 Å². The highest BCUT2D eigenvalue weighted by Crippen LogP contribution is 2.28. The number of rotatable bonds is 7. The normalized spacial score (nSPS) is 19.9. The van der Waals surface area contributed by atoms with Crippen LogP contribution >= 0.6 is 0 Å². The maximum absolute atomic E-state index is 8.96. The van der Waals surface area contributed by atoms with E-state index in [0.29, 0.717) is 0 Å². The second-order valence-electron chi connectivity index (χ2n) is 4.99. The molecule has 1 rings (SSSR count). The highest BCUT2D eigenvalue weighted by atomic mass is 16.3. The number of hydrogen-bond acceptors (Lipinski definition) is 3. The van der Waals surface area contributed by atoms with E-state index >= 15 is 0 Å². The molecule has 3 heteroatoms. The molecule has 0 heterocycles. The Hall–Kier alpha value is -0.380. The van der Waals surface area contributed by atoms with Crippen LogP contribution in [0.1, 0.15) is 38.5 Å². The predicted molar refractivity (Wildman–Crippen MR) is 68.3 cm³/mol. The van der Waals surface area contributed by atoms with Crippen molar-refractivity contribution in [2.75, 3.05) is 26.2 Å². The maximum atomic E-state index is 8.96. The van der Waals surface area contributed by atoms with E-state index < -0.39 is 0 Å². The van der Waals surface area contributed by atoms with Crippen LogP contribution in [0.25, 0.3) is 0 Å². The summed E-state index contributed by atoms with van der Waals surface area (Å²) in [6, 6.07) is 0. The SMILES string of the molecule is C=CCN(CCO)CCC1(N)CCCCC1. The summed E-state index contributed by atoms with van der Waals surface area (Å²) >= 11 is 0. The van der Waals surface area contributed by atoms with Gasteiger partial charge in [-0.15, -0.1) is 6.58 Å². The molecule has 0 saturated heterocycles. The molecule has 0 unspecified atom stereocenters. The third-order valence-electron chi connectivity index (χ3n) is 3.58. The minimum absolute atomic E-state index is 0.0487. The third kappa shape index (κ3) is 4.64. The molecule has 0 aliphatic heterocycles. The Balaban J connectivity index is 2.31. The molecule has 3 N–H and O–H groups in total. The molecule has 0 atom stereocenters. The second kappa shape index (κ2) is 7.05. The van der Waals surface area contributed by atoms with Gasteiger partial charge in [0.25, 0.3) is 0 Å². The molecule has 1 aliphatic rings. The third-order valence-corrected chi connectivity index (χ3v) is 3.58. The minimum Gasteiger partial charge on any atom is -0.395 e. The zero-order valence-corrected chi connectivity index (χ0v) is 10.3. The van der Waals surface area contributed by atoms with Gasteiger partial charge in [-0.2, -0.15) is 0 Å². The molecule has 0 bridgehead atoms. The average Bonchev–Trinajstić information content (AvgIpc) is 2.28. The van der Waals surface area contributed by atoms with Crippen molar-refractivity contribution in [3.8, 4) is 0 Å². The fourth-order valence-corrected chi connectivity index (χ4v) is 2.51. The van der Waals surface area contributed by atoms with Gasteiger partial charge in [-0.05, 0) is 19.3 Å². The molecular weight excluding hydrogens is 200 g/mol. The van der Waals surface area contributed by atoms with E-state index in [1.165, 1.54) is 19.3 Å². The van der Waals surface area contributed by atoms with Crippen molar-refractivity contribution < 1.29 is 5.11 Å². The quantitative estimate of drug-likeness (QED) is 0.647. The monoisotopic (exact) mass is 226 g/mol. The van der Waals surface area contributed by atoms with Gasteiger partial charge < -0.3 is 10.8 Å². The summed E-state index contributed by atoms with van der Waals surface area (Å²) in [4.78, 5) is 2.22. The Morgan fingerprint density at radius 1 is 1.25 bits per heavy atom. The number of aliphatic hydroxyl groups is 1. The molecule has 0 radical (unpaired) electrons. The molecule has 1 saturated carbocycles. The molecule has 1 fully saturated rings. The number of nitrogens with two attached hydrogens (primary N) is 1. The van der Waals surface area contributed by atoms with Crippen LogP contribution in [0.3, 0.4) is 0 Å². The molecule has 0 aromatic heterocycles. The van der Waals surface area contributed by atoms with Crippen molar-refractivity contribution in [1.29, 1.82) is 0 Å². The van der Waals surface area contributed by atoms with E-state index in [-0.39, 0.29) is 12.1 Å². The summed E-state index contributed by atoms with van der Waals surface area (Å²) in [5.41, 5.74) is 6.43. The fourth-order valence-electron chi connectivity index (χ4n) is 2.51. The molecule has 3 nitrogen and oxygen atoms in total. The van der Waals surface area contributed by atoms with Gasteiger partial charge in [-0.3, -0.25) is 4.90 Å². The lowest BCUT2D eigenvalue weighted by molar-refractivity contribution is 0.181. The van der Waals surface area contributed by atoms with Gasteiger partial charge in [-0.1, -0.05) is 25.3 Å². The Kier molecular flexibility index (Phi) is 6.03. The van der Waals surface area contributed by atoms with E-state index in [4.69, 9.17) is 10.8 Å². The first kappa shape index (κ1) is 13.7. The molecule has 0 aromatic rings. The summed E-state index contributed by atoms with van der Waals surface area (Å²) in [5.74, 6) is 0. The number of aliphatic hydroxyl groups excluding tert-OH is 1. The van der Waals surface area contributed by atoms with Crippen molar-refractivity contribution in [1.82, 2.24) is 4.90 Å². The lowest BCUT2D eigenvalue weighted by Gasteiger charge is -2.35. The van der Waals surface area contributed by atoms with Crippen LogP contribution in [-0.2, 0) is 0 Å². The Bertz CT molecular complexity index is 200. The van der Waals surface area contributed by atoms with Gasteiger partial charge in [0.1, 0.15) is 0 Å². The van der Waals surface area contributed by atoms with Crippen LogP contribution in [0.4, 0.5) is 0 Å². The smallest absolute Gasteiger partial charge is 0.0558 e. The lowest BCUT2D eigenvalue weighted by Crippen LogP contribution is -2.45. The standard InChI is InChI=1S/C13H26N2O/c1-2-9-15(11-12-16)10-8-13(14)6-4-3-5-7-13/h2,16H,1,3-12,14H2. The van der Waals surface area contributed by atoms with Crippen LogP contribution in [0.2, 0.25) is 0 Å². The Morgan fingerprint density at radius 3 is 2.50 bits per heavy atom. The van der Waals surface area contributed by atoms with Gasteiger partial charge >= 0.3 is 0 Å². The van der Waals surface area contributed by atoms with Gasteiger partial charge in [0, 0.05) is 25.2 Å². The maximum Gasteiger partial charge on any atom is 0.0558 e. The lowest BCUT2D eigenvalue weighted by atomic mass is 9.80. The summed E-state index contributed by atoms with van der Waals surface area (Å²) in [7, 11) is 0. The van der Waals surface area contributed by atoms with Gasteiger partial charge in [-0.25, -0.2) is 0 Å². The molecule has 0 aromatic carbocycles. The van der Waals surface area contributed by atoms with E-state index in [0.717, 1.165) is 38.9 Å². The van der Waals surface area contributed by atoms with Gasteiger partial charge in [0.05, 0.1) is 6.61 Å². The van der Waals surface area contributed by atoms with E-state index in [2.05, 4.69) is 11.5 Å². The van der Waals surface area contributed by atoms with Crippen LogP contribution in [0, 0.1) is 0 Å². The second-order valence-corrected chi connectivity index (χ2v) is 4.99. The molecule has 0 spiro atoms. The van der Waals surface area contributed by atoms with E-state index in [1.807, 2.05) is 6.08 Å². The molecule has 1 aliphatic carbocycles. The number of nitrogens with zero attached hydrogens (tertiary/aromatic N) is 1. The van der Waals surface area contributed by atoms with Crippen molar-refractivity contribution >= 4 is 0 Å². The van der Waals surface area contributed by atoms with Crippen molar-refractivity contribution in [3.63, 3.8) is 0 Å². The van der Waals surface area contributed by atoms with E-state index in [9.17, 15) is 0 Å². The van der Waals surface area contributed by atoms with Gasteiger partial charge in [0.15, 0.2) is 0 Å². The summed E-state index contributed by atoms with van der Waals surface area (Å²) in [6.07, 6.45) is 9.14. The molecule has 16 heavy (non-hydrogen) atoms. The van der Waals surface area contributed by atoms with Crippen LogP contribution < -0.4 is 5.73 Å². The number of hydrogen-bond donors (Lipinski definition) is 2. The van der Waals surface area contributed by atoms with E-state index in [1.54, 1.807) is 0 Å². The highest BCUT2D eigenvalue weighted by molar-refractivity contribution is 4.88. The average molecular weight is 226 g/mol. The highest BCUT2D eigenvalue weighted by Gasteiger charge is 2.27. The first-order valence-electron chi connectivity index (χ1n) is 6.43.